The molecule has 1 aliphatic rings. The van der Waals surface area contributed by atoms with Gasteiger partial charge in [0, 0.05) is 5.69 Å². The summed E-state index contributed by atoms with van der Waals surface area (Å²) in [6, 6.07) is 9.65. The summed E-state index contributed by atoms with van der Waals surface area (Å²) in [6.07, 6.45) is 3.87. The van der Waals surface area contributed by atoms with E-state index in [9.17, 15) is 4.79 Å². The zero-order chi connectivity index (χ0) is 19.2. The van der Waals surface area contributed by atoms with Gasteiger partial charge in [-0.15, -0.1) is 0 Å². The van der Waals surface area contributed by atoms with Gasteiger partial charge in [0.15, 0.2) is 11.5 Å². The number of carbonyl (C=O) groups is 1. The first-order valence-corrected chi connectivity index (χ1v) is 8.68. The summed E-state index contributed by atoms with van der Waals surface area (Å²) in [5, 5.41) is 2.94. The SMILES string of the molecule is COc1ccc(C=Cc2nc3cc4c(cc3[nH]2)NC(=O)C4(C)C)cc1OC. The van der Waals surface area contributed by atoms with Gasteiger partial charge in [-0.2, -0.15) is 0 Å². The summed E-state index contributed by atoms with van der Waals surface area (Å²) < 4.78 is 10.6. The number of nitrogens with zero attached hydrogens (tertiary/aromatic N) is 1. The first-order valence-electron chi connectivity index (χ1n) is 8.68. The molecule has 138 valence electrons. The van der Waals surface area contributed by atoms with Crippen LogP contribution in [-0.2, 0) is 10.2 Å². The Morgan fingerprint density at radius 3 is 2.56 bits per heavy atom. The van der Waals surface area contributed by atoms with E-state index in [1.165, 1.54) is 0 Å². The van der Waals surface area contributed by atoms with E-state index in [0.717, 1.165) is 33.7 Å². The monoisotopic (exact) mass is 363 g/mol. The van der Waals surface area contributed by atoms with Crippen LogP contribution in [-0.4, -0.2) is 30.1 Å². The van der Waals surface area contributed by atoms with E-state index in [1.54, 1.807) is 14.2 Å². The van der Waals surface area contributed by atoms with Crippen molar-refractivity contribution in [1.82, 2.24) is 9.97 Å². The lowest BCUT2D eigenvalue weighted by molar-refractivity contribution is -0.119. The van der Waals surface area contributed by atoms with Crippen molar-refractivity contribution < 1.29 is 14.3 Å². The van der Waals surface area contributed by atoms with Crippen LogP contribution < -0.4 is 14.8 Å². The second kappa shape index (κ2) is 6.16. The number of nitrogens with one attached hydrogen (secondary N) is 2. The van der Waals surface area contributed by atoms with Crippen LogP contribution in [0.25, 0.3) is 23.2 Å². The maximum Gasteiger partial charge on any atom is 0.234 e. The minimum atomic E-state index is -0.544. The van der Waals surface area contributed by atoms with Crippen LogP contribution >= 0.6 is 0 Å². The molecule has 27 heavy (non-hydrogen) atoms. The Kier molecular flexibility index (Phi) is 3.91. The van der Waals surface area contributed by atoms with Crippen LogP contribution in [0.2, 0.25) is 0 Å². The van der Waals surface area contributed by atoms with Crippen LogP contribution in [0.3, 0.4) is 0 Å². The van der Waals surface area contributed by atoms with Gasteiger partial charge in [-0.25, -0.2) is 4.98 Å². The van der Waals surface area contributed by atoms with Crippen molar-refractivity contribution in [3.8, 4) is 11.5 Å². The molecule has 2 N–H and O–H groups in total. The van der Waals surface area contributed by atoms with Gasteiger partial charge in [0.2, 0.25) is 5.91 Å². The summed E-state index contributed by atoms with van der Waals surface area (Å²) in [7, 11) is 3.23. The highest BCUT2D eigenvalue weighted by Gasteiger charge is 2.38. The molecule has 0 spiro atoms. The normalized spacial score (nSPS) is 15.2. The Morgan fingerprint density at radius 2 is 1.81 bits per heavy atom. The Morgan fingerprint density at radius 1 is 1.04 bits per heavy atom. The lowest BCUT2D eigenvalue weighted by Gasteiger charge is -2.14. The molecular formula is C21H21N3O3. The number of aromatic nitrogens is 2. The van der Waals surface area contributed by atoms with Crippen LogP contribution in [0, 0.1) is 0 Å². The Bertz CT molecular complexity index is 1080. The molecule has 1 amide bonds. The van der Waals surface area contributed by atoms with Crippen LogP contribution in [0.5, 0.6) is 11.5 Å². The molecule has 0 fully saturated rings. The molecule has 0 saturated heterocycles. The molecule has 0 atom stereocenters. The molecule has 0 aliphatic carbocycles. The first-order chi connectivity index (χ1) is 12.9. The number of imidazole rings is 1. The third-order valence-electron chi connectivity index (χ3n) is 4.97. The molecular weight excluding hydrogens is 342 g/mol. The lowest BCUT2D eigenvalue weighted by atomic mass is 9.86. The van der Waals surface area contributed by atoms with E-state index < -0.39 is 5.41 Å². The third-order valence-corrected chi connectivity index (χ3v) is 4.97. The Labute approximate surface area is 157 Å². The molecule has 6 heteroatoms. The average Bonchev–Trinajstić information content (AvgIpc) is 3.15. The maximum atomic E-state index is 12.1. The Hall–Kier alpha value is -3.28. The zero-order valence-electron chi connectivity index (χ0n) is 15.7. The number of fused-ring (bicyclic) bond motifs is 2. The fourth-order valence-electron chi connectivity index (χ4n) is 3.31. The summed E-state index contributed by atoms with van der Waals surface area (Å²) in [4.78, 5) is 20.0. The highest BCUT2D eigenvalue weighted by Crippen LogP contribution is 2.39. The molecule has 2 heterocycles. The highest BCUT2D eigenvalue weighted by atomic mass is 16.5. The van der Waals surface area contributed by atoms with E-state index in [2.05, 4.69) is 15.3 Å². The minimum Gasteiger partial charge on any atom is -0.493 e. The number of anilines is 1. The van der Waals surface area contributed by atoms with Crippen molar-refractivity contribution >= 4 is 34.8 Å². The second-order valence-corrected chi connectivity index (χ2v) is 7.06. The average molecular weight is 363 g/mol. The number of methoxy groups -OCH3 is 2. The van der Waals surface area contributed by atoms with Gasteiger partial charge in [0.05, 0.1) is 30.7 Å². The van der Waals surface area contributed by atoms with Gasteiger partial charge in [0.1, 0.15) is 5.82 Å². The number of hydrogen-bond donors (Lipinski definition) is 2. The van der Waals surface area contributed by atoms with E-state index >= 15 is 0 Å². The van der Waals surface area contributed by atoms with Crippen LogP contribution in [0.4, 0.5) is 5.69 Å². The highest BCUT2D eigenvalue weighted by molar-refractivity contribution is 6.07. The predicted octanol–water partition coefficient (Wildman–Crippen LogP) is 3.98. The predicted molar refractivity (Wildman–Crippen MR) is 106 cm³/mol. The van der Waals surface area contributed by atoms with Crippen molar-refractivity contribution in [3.05, 3.63) is 47.3 Å². The second-order valence-electron chi connectivity index (χ2n) is 7.06. The van der Waals surface area contributed by atoms with E-state index in [-0.39, 0.29) is 5.91 Å². The number of H-pyrrole nitrogens is 1. The molecule has 0 unspecified atom stereocenters. The fraction of sp³-hybridized carbons (Fsp3) is 0.238. The molecule has 3 aromatic rings. The van der Waals surface area contributed by atoms with Gasteiger partial charge in [-0.3, -0.25) is 4.79 Å². The van der Waals surface area contributed by atoms with E-state index in [1.807, 2.05) is 56.3 Å². The Balaban J connectivity index is 1.66. The number of amides is 1. The van der Waals surface area contributed by atoms with Crippen molar-refractivity contribution in [2.45, 2.75) is 19.3 Å². The third kappa shape index (κ3) is 2.83. The lowest BCUT2D eigenvalue weighted by Crippen LogP contribution is -2.26. The topological polar surface area (TPSA) is 76.2 Å². The smallest absolute Gasteiger partial charge is 0.234 e. The van der Waals surface area contributed by atoms with Crippen molar-refractivity contribution in [2.75, 3.05) is 19.5 Å². The van der Waals surface area contributed by atoms with Crippen molar-refractivity contribution in [3.63, 3.8) is 0 Å². The molecule has 2 aromatic carbocycles. The number of carbonyl (C=O) groups excluding carboxylic acids is 1. The van der Waals surface area contributed by atoms with E-state index in [4.69, 9.17) is 9.47 Å². The van der Waals surface area contributed by atoms with Crippen molar-refractivity contribution in [1.29, 1.82) is 0 Å². The van der Waals surface area contributed by atoms with Crippen LogP contribution in [0.1, 0.15) is 30.8 Å². The summed E-state index contributed by atoms with van der Waals surface area (Å²) in [5.41, 5.74) is 3.98. The first kappa shape index (κ1) is 17.1. The molecule has 0 saturated carbocycles. The number of benzene rings is 2. The van der Waals surface area contributed by atoms with Gasteiger partial charge in [0.25, 0.3) is 0 Å². The van der Waals surface area contributed by atoms with Gasteiger partial charge >= 0.3 is 0 Å². The molecule has 1 aromatic heterocycles. The van der Waals surface area contributed by atoms with E-state index in [0.29, 0.717) is 11.5 Å². The molecule has 4 rings (SSSR count). The quantitative estimate of drug-likeness (QED) is 0.735. The summed E-state index contributed by atoms with van der Waals surface area (Å²) in [6.45, 7) is 3.84. The fourth-order valence-corrected chi connectivity index (χ4v) is 3.31. The number of ether oxygens (including phenoxy) is 2. The minimum absolute atomic E-state index is 0.0127. The molecule has 1 aliphatic heterocycles. The zero-order valence-corrected chi connectivity index (χ0v) is 15.7. The number of aromatic amines is 1. The largest absolute Gasteiger partial charge is 0.493 e. The summed E-state index contributed by atoms with van der Waals surface area (Å²) >= 11 is 0. The molecule has 0 bridgehead atoms. The summed E-state index contributed by atoms with van der Waals surface area (Å²) in [5.74, 6) is 2.13. The van der Waals surface area contributed by atoms with Gasteiger partial charge in [-0.05, 0) is 55.3 Å². The van der Waals surface area contributed by atoms with Crippen LogP contribution in [0.15, 0.2) is 30.3 Å². The number of rotatable bonds is 4. The van der Waals surface area contributed by atoms with Gasteiger partial charge in [-0.1, -0.05) is 12.1 Å². The standard InChI is InChI=1S/C21H21N3O3/c1-21(2)13-10-15-16(11-14(13)24-20(21)25)23-19(22-15)8-6-12-5-7-17(26-3)18(9-12)27-4/h5-11H,1-4H3,(H,22,23)(H,24,25). The van der Waals surface area contributed by atoms with Crippen molar-refractivity contribution in [2.24, 2.45) is 0 Å². The van der Waals surface area contributed by atoms with Gasteiger partial charge < -0.3 is 19.8 Å². The maximum absolute atomic E-state index is 12.1. The number of hydrogen-bond acceptors (Lipinski definition) is 4. The molecule has 6 nitrogen and oxygen atoms in total. The molecule has 0 radical (unpaired) electrons.